The van der Waals surface area contributed by atoms with E-state index < -0.39 is 12.3 Å². The second-order valence-corrected chi connectivity index (χ2v) is 6.38. The number of hydrogen-bond acceptors (Lipinski definition) is 3. The first-order valence-corrected chi connectivity index (χ1v) is 7.25. The molecule has 1 N–H and O–H groups in total. The Morgan fingerprint density at radius 2 is 2.14 bits per heavy atom. The minimum absolute atomic E-state index is 0.0364. The molecule has 0 saturated heterocycles. The van der Waals surface area contributed by atoms with Crippen molar-refractivity contribution in [3.05, 3.63) is 29.3 Å². The van der Waals surface area contributed by atoms with Gasteiger partial charge in [0.1, 0.15) is 5.69 Å². The predicted molar refractivity (Wildman–Crippen MR) is 77.0 cm³/mol. The Bertz CT molecular complexity index is 734. The number of imidazole rings is 1. The highest BCUT2D eigenvalue weighted by Gasteiger charge is 2.39. The van der Waals surface area contributed by atoms with E-state index in [1.807, 2.05) is 13.8 Å². The number of hydrogen-bond donors (Lipinski definition) is 1. The smallest absolute Gasteiger partial charge is 0.289 e. The average Bonchev–Trinajstić information content (AvgIpc) is 3.19. The van der Waals surface area contributed by atoms with Crippen LogP contribution in [-0.2, 0) is 0 Å². The summed E-state index contributed by atoms with van der Waals surface area (Å²) in [5, 5.41) is 6.78. The predicted octanol–water partition coefficient (Wildman–Crippen LogP) is 2.89. The lowest BCUT2D eigenvalue weighted by atomic mass is 9.99. The number of carbonyl (C=O) groups is 1. The van der Waals surface area contributed by atoms with Gasteiger partial charge in [-0.2, -0.15) is 5.10 Å². The molecule has 1 aliphatic carbocycles. The molecule has 1 fully saturated rings. The van der Waals surface area contributed by atoms with E-state index in [2.05, 4.69) is 15.4 Å². The first-order valence-electron chi connectivity index (χ1n) is 7.25. The SMILES string of the molecule is Cc1cc(C(F)F)nn2c(C(=O)NC(C)(C)C3CC3)ncc12. The molecule has 0 bridgehead atoms. The van der Waals surface area contributed by atoms with Crippen LogP contribution >= 0.6 is 0 Å². The Hall–Kier alpha value is -2.05. The number of amides is 1. The van der Waals surface area contributed by atoms with Crippen LogP contribution in [0.3, 0.4) is 0 Å². The van der Waals surface area contributed by atoms with Crippen molar-refractivity contribution in [2.45, 2.75) is 45.6 Å². The molecule has 5 nitrogen and oxygen atoms in total. The van der Waals surface area contributed by atoms with E-state index in [0.29, 0.717) is 17.0 Å². The van der Waals surface area contributed by atoms with Gasteiger partial charge in [0.05, 0.1) is 11.7 Å². The topological polar surface area (TPSA) is 59.3 Å². The van der Waals surface area contributed by atoms with Crippen molar-refractivity contribution in [1.29, 1.82) is 0 Å². The zero-order valence-electron chi connectivity index (χ0n) is 12.7. The maximum absolute atomic E-state index is 12.9. The van der Waals surface area contributed by atoms with Gasteiger partial charge in [-0.15, -0.1) is 0 Å². The van der Waals surface area contributed by atoms with Gasteiger partial charge >= 0.3 is 0 Å². The Balaban J connectivity index is 1.98. The molecule has 0 aliphatic heterocycles. The Morgan fingerprint density at radius 1 is 1.45 bits per heavy atom. The number of alkyl halides is 2. The molecule has 7 heteroatoms. The molecule has 2 heterocycles. The van der Waals surface area contributed by atoms with Crippen molar-refractivity contribution in [1.82, 2.24) is 19.9 Å². The number of aromatic nitrogens is 3. The van der Waals surface area contributed by atoms with Gasteiger partial charge in [0.25, 0.3) is 12.3 Å². The number of rotatable bonds is 4. The second-order valence-electron chi connectivity index (χ2n) is 6.38. The minimum atomic E-state index is -2.69. The second kappa shape index (κ2) is 5.00. The van der Waals surface area contributed by atoms with Crippen molar-refractivity contribution >= 4 is 11.4 Å². The van der Waals surface area contributed by atoms with E-state index in [-0.39, 0.29) is 17.1 Å². The van der Waals surface area contributed by atoms with Crippen LogP contribution in [0, 0.1) is 12.8 Å². The number of carbonyl (C=O) groups excluding carboxylic acids is 1. The van der Waals surface area contributed by atoms with Crippen LogP contribution in [0.2, 0.25) is 0 Å². The van der Waals surface area contributed by atoms with Crippen LogP contribution in [0.4, 0.5) is 8.78 Å². The molecule has 0 atom stereocenters. The molecule has 2 aromatic rings. The lowest BCUT2D eigenvalue weighted by molar-refractivity contribution is 0.0889. The van der Waals surface area contributed by atoms with E-state index in [4.69, 9.17) is 0 Å². The quantitative estimate of drug-likeness (QED) is 0.945. The summed E-state index contributed by atoms with van der Waals surface area (Å²) in [5.41, 5.74) is 0.466. The molecule has 2 aromatic heterocycles. The van der Waals surface area contributed by atoms with E-state index in [1.165, 1.54) is 16.8 Å². The maximum atomic E-state index is 12.9. The minimum Gasteiger partial charge on any atom is -0.344 e. The maximum Gasteiger partial charge on any atom is 0.289 e. The fourth-order valence-corrected chi connectivity index (χ4v) is 2.67. The van der Waals surface area contributed by atoms with Crippen LogP contribution in [0.5, 0.6) is 0 Å². The molecule has 0 unspecified atom stereocenters. The number of halogens is 2. The van der Waals surface area contributed by atoms with E-state index in [1.54, 1.807) is 6.92 Å². The van der Waals surface area contributed by atoms with Gasteiger partial charge in [-0.25, -0.2) is 18.3 Å². The van der Waals surface area contributed by atoms with Crippen LogP contribution < -0.4 is 5.32 Å². The molecular weight excluding hydrogens is 290 g/mol. The zero-order valence-corrected chi connectivity index (χ0v) is 12.7. The lowest BCUT2D eigenvalue weighted by Crippen LogP contribution is -2.45. The molecule has 1 aliphatic rings. The number of fused-ring (bicyclic) bond motifs is 1. The summed E-state index contributed by atoms with van der Waals surface area (Å²) >= 11 is 0. The molecule has 118 valence electrons. The van der Waals surface area contributed by atoms with Crippen molar-refractivity contribution in [3.63, 3.8) is 0 Å². The highest BCUT2D eigenvalue weighted by molar-refractivity contribution is 5.92. The largest absolute Gasteiger partial charge is 0.344 e. The highest BCUT2D eigenvalue weighted by atomic mass is 19.3. The third kappa shape index (κ3) is 2.55. The molecule has 1 amide bonds. The van der Waals surface area contributed by atoms with Crippen molar-refractivity contribution in [2.24, 2.45) is 5.92 Å². The Labute approximate surface area is 126 Å². The number of nitrogens with one attached hydrogen (secondary N) is 1. The standard InChI is InChI=1S/C15H18F2N4O/c1-8-6-10(12(16)17)20-21-11(8)7-18-13(21)14(22)19-15(2,3)9-4-5-9/h6-7,9,12H,4-5H2,1-3H3,(H,19,22). The third-order valence-corrected chi connectivity index (χ3v) is 4.18. The van der Waals surface area contributed by atoms with Gasteiger partial charge in [0.2, 0.25) is 5.82 Å². The van der Waals surface area contributed by atoms with Gasteiger partial charge in [-0.3, -0.25) is 4.79 Å². The molecule has 0 radical (unpaired) electrons. The molecule has 0 aromatic carbocycles. The third-order valence-electron chi connectivity index (χ3n) is 4.18. The molecule has 0 spiro atoms. The molecular formula is C15H18F2N4O. The first kappa shape index (κ1) is 14.9. The van der Waals surface area contributed by atoms with Crippen LogP contribution in [0.25, 0.3) is 5.52 Å². The van der Waals surface area contributed by atoms with Crippen molar-refractivity contribution in [2.75, 3.05) is 0 Å². The number of aryl methyl sites for hydroxylation is 1. The van der Waals surface area contributed by atoms with Gasteiger partial charge < -0.3 is 5.32 Å². The number of nitrogens with zero attached hydrogens (tertiary/aromatic N) is 3. The fraction of sp³-hybridized carbons (Fsp3) is 0.533. The first-order chi connectivity index (χ1) is 10.3. The van der Waals surface area contributed by atoms with Crippen LogP contribution in [-0.4, -0.2) is 26.0 Å². The Morgan fingerprint density at radius 3 is 2.73 bits per heavy atom. The van der Waals surface area contributed by atoms with Crippen molar-refractivity contribution in [3.8, 4) is 0 Å². The van der Waals surface area contributed by atoms with Gasteiger partial charge in [-0.05, 0) is 51.2 Å². The van der Waals surface area contributed by atoms with Gasteiger partial charge in [0.15, 0.2) is 0 Å². The fourth-order valence-electron chi connectivity index (χ4n) is 2.67. The summed E-state index contributed by atoms with van der Waals surface area (Å²) in [6.07, 6.45) is 0.964. The zero-order chi connectivity index (χ0) is 16.1. The van der Waals surface area contributed by atoms with Gasteiger partial charge in [-0.1, -0.05) is 0 Å². The molecule has 1 saturated carbocycles. The summed E-state index contributed by atoms with van der Waals surface area (Å²) in [4.78, 5) is 16.5. The summed E-state index contributed by atoms with van der Waals surface area (Å²) < 4.78 is 27.0. The van der Waals surface area contributed by atoms with Crippen molar-refractivity contribution < 1.29 is 13.6 Å². The normalized spacial score (nSPS) is 15.5. The summed E-state index contributed by atoms with van der Waals surface area (Å²) in [6, 6.07) is 1.32. The van der Waals surface area contributed by atoms with Crippen LogP contribution in [0.15, 0.2) is 12.3 Å². The lowest BCUT2D eigenvalue weighted by Gasteiger charge is -2.25. The summed E-state index contributed by atoms with van der Waals surface area (Å²) in [5.74, 6) is 0.0959. The highest BCUT2D eigenvalue weighted by Crippen LogP contribution is 2.39. The van der Waals surface area contributed by atoms with E-state index in [9.17, 15) is 13.6 Å². The molecule has 3 rings (SSSR count). The van der Waals surface area contributed by atoms with Crippen LogP contribution in [0.1, 0.15) is 55.0 Å². The monoisotopic (exact) mass is 308 g/mol. The average molecular weight is 308 g/mol. The molecule has 22 heavy (non-hydrogen) atoms. The summed E-state index contributed by atoms with van der Waals surface area (Å²) in [6.45, 7) is 5.61. The Kier molecular flexibility index (Phi) is 3.38. The van der Waals surface area contributed by atoms with E-state index >= 15 is 0 Å². The van der Waals surface area contributed by atoms with Gasteiger partial charge in [0, 0.05) is 5.54 Å². The summed E-state index contributed by atoms with van der Waals surface area (Å²) in [7, 11) is 0. The van der Waals surface area contributed by atoms with E-state index in [0.717, 1.165) is 12.8 Å².